The van der Waals surface area contributed by atoms with Gasteiger partial charge in [-0.05, 0) is 32.7 Å². The van der Waals surface area contributed by atoms with Gasteiger partial charge in [-0.2, -0.15) is 0 Å². The molecule has 1 saturated heterocycles. The molecule has 2 N–H and O–H groups in total. The third kappa shape index (κ3) is 7.15. The molecule has 136 valence electrons. The van der Waals surface area contributed by atoms with Crippen LogP contribution in [0, 0.1) is 0 Å². The molecule has 24 heavy (non-hydrogen) atoms. The fourth-order valence-electron chi connectivity index (χ4n) is 2.56. The zero-order valence-corrected chi connectivity index (χ0v) is 15.8. The lowest BCUT2D eigenvalue weighted by atomic mass is 10.3. The Morgan fingerprint density at radius 3 is 2.83 bits per heavy atom. The molecule has 2 rings (SSSR count). The molecule has 0 radical (unpaired) electrons. The Balaban J connectivity index is 1.65. The van der Waals surface area contributed by atoms with Gasteiger partial charge in [0, 0.05) is 37.3 Å². The van der Waals surface area contributed by atoms with Crippen molar-refractivity contribution in [3.05, 3.63) is 16.1 Å². The number of morpholine rings is 1. The largest absolute Gasteiger partial charge is 0.379 e. The third-order valence-corrected chi connectivity index (χ3v) is 5.09. The molecule has 0 saturated carbocycles. The van der Waals surface area contributed by atoms with E-state index < -0.39 is 0 Å². The average Bonchev–Trinajstić information content (AvgIpc) is 3.08. The summed E-state index contributed by atoms with van der Waals surface area (Å²) in [6.07, 6.45) is 5.36. The van der Waals surface area contributed by atoms with E-state index in [-0.39, 0.29) is 0 Å². The predicted octanol–water partition coefficient (Wildman–Crippen LogP) is 1.87. The first-order valence-electron chi connectivity index (χ1n) is 9.07. The number of nitrogens with one attached hydrogen (secondary N) is 2. The highest BCUT2D eigenvalue weighted by Crippen LogP contribution is 2.13. The number of nitrogens with zero attached hydrogens (tertiary/aromatic N) is 3. The SMILES string of the molecule is CCNC(=NCc1ncc(CC)s1)NCCCCN1CCOCC1. The molecule has 2 heterocycles. The summed E-state index contributed by atoms with van der Waals surface area (Å²) < 4.78 is 5.38. The summed E-state index contributed by atoms with van der Waals surface area (Å²) in [6, 6.07) is 0. The lowest BCUT2D eigenvalue weighted by Gasteiger charge is -2.26. The maximum Gasteiger partial charge on any atom is 0.191 e. The molecule has 0 unspecified atom stereocenters. The van der Waals surface area contributed by atoms with Crippen LogP contribution in [0.1, 0.15) is 36.6 Å². The molecule has 7 heteroatoms. The Kier molecular flexibility index (Phi) is 9.09. The van der Waals surface area contributed by atoms with Crippen molar-refractivity contribution in [2.45, 2.75) is 39.7 Å². The van der Waals surface area contributed by atoms with E-state index in [1.807, 2.05) is 6.20 Å². The van der Waals surface area contributed by atoms with Gasteiger partial charge in [0.05, 0.1) is 19.8 Å². The van der Waals surface area contributed by atoms with Crippen molar-refractivity contribution in [3.63, 3.8) is 0 Å². The second-order valence-electron chi connectivity index (χ2n) is 5.86. The Morgan fingerprint density at radius 1 is 1.29 bits per heavy atom. The number of hydrogen-bond acceptors (Lipinski definition) is 5. The van der Waals surface area contributed by atoms with Crippen LogP contribution < -0.4 is 10.6 Å². The zero-order chi connectivity index (χ0) is 17.0. The van der Waals surface area contributed by atoms with Crippen LogP contribution in [0.4, 0.5) is 0 Å². The van der Waals surface area contributed by atoms with Crippen molar-refractivity contribution >= 4 is 17.3 Å². The molecule has 0 amide bonds. The van der Waals surface area contributed by atoms with E-state index >= 15 is 0 Å². The van der Waals surface area contributed by atoms with Crippen LogP contribution in [0.5, 0.6) is 0 Å². The summed E-state index contributed by atoms with van der Waals surface area (Å²) in [5.74, 6) is 0.886. The second kappa shape index (κ2) is 11.4. The van der Waals surface area contributed by atoms with Crippen molar-refractivity contribution < 1.29 is 4.74 Å². The van der Waals surface area contributed by atoms with E-state index in [2.05, 4.69) is 39.4 Å². The van der Waals surface area contributed by atoms with Crippen LogP contribution in [0.15, 0.2) is 11.2 Å². The molecule has 1 fully saturated rings. The minimum Gasteiger partial charge on any atom is -0.379 e. The second-order valence-corrected chi connectivity index (χ2v) is 7.06. The molecule has 0 aromatic carbocycles. The van der Waals surface area contributed by atoms with Gasteiger partial charge in [0.1, 0.15) is 5.01 Å². The summed E-state index contributed by atoms with van der Waals surface area (Å²) in [4.78, 5) is 12.9. The Hall–Kier alpha value is -1.18. The zero-order valence-electron chi connectivity index (χ0n) is 15.0. The molecule has 1 aromatic heterocycles. The van der Waals surface area contributed by atoms with E-state index in [0.717, 1.165) is 69.7 Å². The van der Waals surface area contributed by atoms with Gasteiger partial charge in [0.25, 0.3) is 0 Å². The first-order valence-corrected chi connectivity index (χ1v) is 9.89. The first-order chi connectivity index (χ1) is 11.8. The number of hydrogen-bond donors (Lipinski definition) is 2. The summed E-state index contributed by atoms with van der Waals surface area (Å²) in [5, 5.41) is 7.80. The summed E-state index contributed by atoms with van der Waals surface area (Å²) in [7, 11) is 0. The quantitative estimate of drug-likeness (QED) is 0.403. The van der Waals surface area contributed by atoms with Crippen molar-refractivity contribution in [3.8, 4) is 0 Å². The molecule has 1 aliphatic rings. The van der Waals surface area contributed by atoms with Gasteiger partial charge >= 0.3 is 0 Å². The maximum absolute atomic E-state index is 5.38. The van der Waals surface area contributed by atoms with E-state index in [4.69, 9.17) is 4.74 Å². The number of aryl methyl sites for hydroxylation is 1. The minimum absolute atomic E-state index is 0.647. The van der Waals surface area contributed by atoms with Gasteiger partial charge < -0.3 is 15.4 Å². The lowest BCUT2D eigenvalue weighted by molar-refractivity contribution is 0.0372. The van der Waals surface area contributed by atoms with Gasteiger partial charge in [-0.25, -0.2) is 9.98 Å². The minimum atomic E-state index is 0.647. The normalized spacial score (nSPS) is 16.3. The Labute approximate surface area is 149 Å². The van der Waals surface area contributed by atoms with Crippen LogP contribution in [0.25, 0.3) is 0 Å². The standard InChI is InChI=1S/C17H31N5OS/c1-3-15-13-20-16(24-15)14-21-17(18-4-2)19-7-5-6-8-22-9-11-23-12-10-22/h13H,3-12,14H2,1-2H3,(H2,18,19,21). The van der Waals surface area contributed by atoms with E-state index in [1.54, 1.807) is 11.3 Å². The molecule has 0 aliphatic carbocycles. The van der Waals surface area contributed by atoms with Crippen molar-refractivity contribution in [2.75, 3.05) is 45.9 Å². The number of unbranched alkanes of at least 4 members (excludes halogenated alkanes) is 1. The smallest absolute Gasteiger partial charge is 0.191 e. The highest BCUT2D eigenvalue weighted by Gasteiger charge is 2.09. The molecular weight excluding hydrogens is 322 g/mol. The van der Waals surface area contributed by atoms with E-state index in [9.17, 15) is 0 Å². The fraction of sp³-hybridized carbons (Fsp3) is 0.765. The number of aliphatic imine (C=N–C) groups is 1. The molecule has 6 nitrogen and oxygen atoms in total. The molecule has 0 atom stereocenters. The number of guanidine groups is 1. The van der Waals surface area contributed by atoms with Gasteiger partial charge in [-0.3, -0.25) is 4.90 Å². The third-order valence-electron chi connectivity index (χ3n) is 3.96. The Bertz CT molecular complexity index is 485. The van der Waals surface area contributed by atoms with Crippen LogP contribution in [-0.4, -0.2) is 61.8 Å². The summed E-state index contributed by atoms with van der Waals surface area (Å²) in [5.41, 5.74) is 0. The van der Waals surface area contributed by atoms with Crippen molar-refractivity contribution in [1.82, 2.24) is 20.5 Å². The van der Waals surface area contributed by atoms with Crippen LogP contribution in [-0.2, 0) is 17.7 Å². The first kappa shape index (κ1) is 19.1. The van der Waals surface area contributed by atoms with Crippen molar-refractivity contribution in [1.29, 1.82) is 0 Å². The number of rotatable bonds is 9. The van der Waals surface area contributed by atoms with Gasteiger partial charge in [-0.15, -0.1) is 11.3 Å². The maximum atomic E-state index is 5.38. The van der Waals surface area contributed by atoms with Gasteiger partial charge in [0.2, 0.25) is 0 Å². The fourth-order valence-corrected chi connectivity index (χ4v) is 3.35. The van der Waals surface area contributed by atoms with Crippen molar-refractivity contribution in [2.24, 2.45) is 4.99 Å². The number of ether oxygens (including phenoxy) is 1. The summed E-state index contributed by atoms with van der Waals surface area (Å²) in [6.45, 7) is 11.8. The van der Waals surface area contributed by atoms with E-state index in [1.165, 1.54) is 11.3 Å². The van der Waals surface area contributed by atoms with Crippen LogP contribution in [0.3, 0.4) is 0 Å². The van der Waals surface area contributed by atoms with Crippen LogP contribution >= 0.6 is 11.3 Å². The predicted molar refractivity (Wildman–Crippen MR) is 101 cm³/mol. The highest BCUT2D eigenvalue weighted by molar-refractivity contribution is 7.11. The van der Waals surface area contributed by atoms with Gasteiger partial charge in [0.15, 0.2) is 5.96 Å². The van der Waals surface area contributed by atoms with Gasteiger partial charge in [-0.1, -0.05) is 6.92 Å². The topological polar surface area (TPSA) is 61.8 Å². The van der Waals surface area contributed by atoms with Crippen LogP contribution in [0.2, 0.25) is 0 Å². The number of thiazole rings is 1. The monoisotopic (exact) mass is 353 g/mol. The average molecular weight is 354 g/mol. The molecule has 1 aromatic rings. The lowest BCUT2D eigenvalue weighted by Crippen LogP contribution is -2.39. The molecule has 0 bridgehead atoms. The van der Waals surface area contributed by atoms with E-state index in [0.29, 0.717) is 6.54 Å². The highest BCUT2D eigenvalue weighted by atomic mass is 32.1. The number of aromatic nitrogens is 1. The Morgan fingerprint density at radius 2 is 2.12 bits per heavy atom. The summed E-state index contributed by atoms with van der Waals surface area (Å²) >= 11 is 1.75. The molecule has 0 spiro atoms. The molecule has 1 aliphatic heterocycles. The molecular formula is C17H31N5OS.